The number of rotatable bonds is 4. The summed E-state index contributed by atoms with van der Waals surface area (Å²) < 4.78 is 23.0. The normalized spacial score (nSPS) is 22.8. The smallest absolute Gasteiger partial charge is 0.202 e. The number of carbonyl (C=O) groups is 1. The third kappa shape index (κ3) is 3.82. The minimum atomic E-state index is -1.62. The van der Waals surface area contributed by atoms with Crippen molar-refractivity contribution in [2.24, 2.45) is 0 Å². The third-order valence-electron chi connectivity index (χ3n) is 6.00. The van der Waals surface area contributed by atoms with Gasteiger partial charge in [-0.2, -0.15) is 0 Å². The van der Waals surface area contributed by atoms with Gasteiger partial charge in [0.05, 0.1) is 13.7 Å². The summed E-state index contributed by atoms with van der Waals surface area (Å²) in [5, 5.41) is 50.2. The van der Waals surface area contributed by atoms with Crippen LogP contribution in [0.3, 0.4) is 0 Å². The Bertz CT molecular complexity index is 1300. The molecule has 2 heterocycles. The van der Waals surface area contributed by atoms with Gasteiger partial charge in [0.25, 0.3) is 0 Å². The second-order valence-corrected chi connectivity index (χ2v) is 8.20. The lowest BCUT2D eigenvalue weighted by molar-refractivity contribution is -0.0130. The number of Topliss-reactive ketones (excluding diaryl/α,β-unsaturated/α-hetero) is 1. The molecule has 35 heavy (non-hydrogen) atoms. The van der Waals surface area contributed by atoms with E-state index in [2.05, 4.69) is 0 Å². The van der Waals surface area contributed by atoms with Gasteiger partial charge in [0.1, 0.15) is 22.8 Å². The maximum atomic E-state index is 12.7. The van der Waals surface area contributed by atoms with Gasteiger partial charge < -0.3 is 44.5 Å². The molecular formula is C25H22O10. The van der Waals surface area contributed by atoms with Crippen molar-refractivity contribution in [1.82, 2.24) is 0 Å². The zero-order chi connectivity index (χ0) is 24.9. The van der Waals surface area contributed by atoms with Crippen LogP contribution in [0.1, 0.15) is 33.7 Å². The number of ether oxygens (including phenoxy) is 4. The van der Waals surface area contributed by atoms with Crippen LogP contribution in [0.2, 0.25) is 0 Å². The Balaban J connectivity index is 1.49. The first-order valence-corrected chi connectivity index (χ1v) is 10.7. The highest BCUT2D eigenvalue weighted by molar-refractivity contribution is 6.05. The highest BCUT2D eigenvalue weighted by atomic mass is 16.6. The summed E-state index contributed by atoms with van der Waals surface area (Å²) in [7, 11) is 1.41. The SMILES string of the molecule is COc1cc(C2Oc3cc([C@@H]4Oc5cc(O)cc(O)c5C(=O)[C@@H]4O)ccc3OC2CO)ccc1O. The van der Waals surface area contributed by atoms with Crippen LogP contribution in [0.4, 0.5) is 0 Å². The summed E-state index contributed by atoms with van der Waals surface area (Å²) in [6.45, 7) is -0.349. The molecule has 0 aromatic heterocycles. The molecule has 0 aliphatic carbocycles. The van der Waals surface area contributed by atoms with E-state index in [9.17, 15) is 30.3 Å². The monoisotopic (exact) mass is 482 g/mol. The molecule has 5 N–H and O–H groups in total. The quantitative estimate of drug-likeness (QED) is 0.374. The largest absolute Gasteiger partial charge is 0.508 e. The van der Waals surface area contributed by atoms with Crippen LogP contribution in [-0.4, -0.2) is 57.2 Å². The number of hydrogen-bond acceptors (Lipinski definition) is 10. The zero-order valence-corrected chi connectivity index (χ0v) is 18.4. The Hall–Kier alpha value is -4.15. The highest BCUT2D eigenvalue weighted by Crippen LogP contribution is 2.45. The standard InChI is InChI=1S/C25H22O10/c1-32-17-6-11(2-4-14(17)28)24-20(10-26)33-16-5-3-12(7-18(16)34-24)25-23(31)22(30)21-15(29)8-13(27)9-19(21)35-25/h2-9,20,23-29,31H,10H2,1H3/t20?,23-,24?,25-/m0/s1. The predicted molar refractivity (Wildman–Crippen MR) is 119 cm³/mol. The van der Waals surface area contributed by atoms with Crippen molar-refractivity contribution < 1.29 is 49.3 Å². The van der Waals surface area contributed by atoms with E-state index in [0.29, 0.717) is 16.9 Å². The van der Waals surface area contributed by atoms with E-state index in [0.717, 1.165) is 6.07 Å². The van der Waals surface area contributed by atoms with Crippen molar-refractivity contribution in [1.29, 1.82) is 0 Å². The average molecular weight is 482 g/mol. The minimum Gasteiger partial charge on any atom is -0.508 e. The molecule has 0 saturated heterocycles. The zero-order valence-electron chi connectivity index (χ0n) is 18.4. The van der Waals surface area contributed by atoms with Gasteiger partial charge >= 0.3 is 0 Å². The number of methoxy groups -OCH3 is 1. The van der Waals surface area contributed by atoms with Gasteiger partial charge in [-0.3, -0.25) is 4.79 Å². The number of benzene rings is 3. The lowest BCUT2D eigenvalue weighted by Crippen LogP contribution is -2.37. The summed E-state index contributed by atoms with van der Waals surface area (Å²) in [6, 6.07) is 11.5. The van der Waals surface area contributed by atoms with E-state index in [1.807, 2.05) is 0 Å². The number of aliphatic hydroxyl groups excluding tert-OH is 2. The minimum absolute atomic E-state index is 0.0540. The molecule has 4 atom stereocenters. The molecule has 10 heteroatoms. The number of phenols is 3. The first kappa shape index (κ1) is 22.6. The molecule has 0 amide bonds. The number of carbonyl (C=O) groups excluding carboxylic acids is 1. The number of aromatic hydroxyl groups is 3. The number of aliphatic hydroxyl groups is 2. The van der Waals surface area contributed by atoms with Crippen LogP contribution in [0, 0.1) is 0 Å². The van der Waals surface area contributed by atoms with Gasteiger partial charge in [0, 0.05) is 17.7 Å². The van der Waals surface area contributed by atoms with Gasteiger partial charge in [-0.1, -0.05) is 12.1 Å². The van der Waals surface area contributed by atoms with Crippen molar-refractivity contribution in [3.05, 3.63) is 65.2 Å². The molecule has 0 saturated carbocycles. The first-order chi connectivity index (χ1) is 16.8. The van der Waals surface area contributed by atoms with Gasteiger partial charge in [-0.15, -0.1) is 0 Å². The lowest BCUT2D eigenvalue weighted by Gasteiger charge is -2.35. The van der Waals surface area contributed by atoms with Crippen LogP contribution in [0.25, 0.3) is 0 Å². The molecular weight excluding hydrogens is 460 g/mol. The Morgan fingerprint density at radius 1 is 0.829 bits per heavy atom. The fraction of sp³-hybridized carbons (Fsp3) is 0.240. The summed E-state index contributed by atoms with van der Waals surface area (Å²) in [4.78, 5) is 12.7. The number of ketones is 1. The van der Waals surface area contributed by atoms with E-state index < -0.39 is 35.9 Å². The molecule has 0 bridgehead atoms. The topological polar surface area (TPSA) is 155 Å². The molecule has 182 valence electrons. The predicted octanol–water partition coefficient (Wildman–Crippen LogP) is 2.36. The maximum absolute atomic E-state index is 12.7. The number of hydrogen-bond donors (Lipinski definition) is 5. The average Bonchev–Trinajstić information content (AvgIpc) is 2.85. The van der Waals surface area contributed by atoms with E-state index in [1.54, 1.807) is 30.3 Å². The summed E-state index contributed by atoms with van der Waals surface area (Å²) in [5.41, 5.74) is 0.751. The molecule has 2 aliphatic heterocycles. The fourth-order valence-corrected chi connectivity index (χ4v) is 4.28. The molecule has 3 aromatic carbocycles. The van der Waals surface area contributed by atoms with Crippen molar-refractivity contribution in [2.45, 2.75) is 24.4 Å². The van der Waals surface area contributed by atoms with E-state index >= 15 is 0 Å². The van der Waals surface area contributed by atoms with Crippen molar-refractivity contribution in [3.63, 3.8) is 0 Å². The summed E-state index contributed by atoms with van der Waals surface area (Å²) in [6.07, 6.45) is -4.28. The Labute approximate surface area is 199 Å². The molecule has 0 radical (unpaired) electrons. The molecule has 2 unspecified atom stereocenters. The molecule has 3 aromatic rings. The second kappa shape index (κ2) is 8.57. The maximum Gasteiger partial charge on any atom is 0.202 e. The second-order valence-electron chi connectivity index (χ2n) is 8.20. The molecule has 0 fully saturated rings. The summed E-state index contributed by atoms with van der Waals surface area (Å²) in [5.74, 6) is -0.823. The van der Waals surface area contributed by atoms with Crippen LogP contribution < -0.4 is 18.9 Å². The summed E-state index contributed by atoms with van der Waals surface area (Å²) >= 11 is 0. The molecule has 10 nitrogen and oxygen atoms in total. The Morgan fingerprint density at radius 2 is 1.54 bits per heavy atom. The lowest BCUT2D eigenvalue weighted by atomic mass is 9.92. The fourth-order valence-electron chi connectivity index (χ4n) is 4.28. The number of fused-ring (bicyclic) bond motifs is 2. The van der Waals surface area contributed by atoms with Crippen LogP contribution in [0.5, 0.6) is 40.2 Å². The van der Waals surface area contributed by atoms with Gasteiger partial charge in [-0.25, -0.2) is 0 Å². The van der Waals surface area contributed by atoms with Crippen LogP contribution >= 0.6 is 0 Å². The van der Waals surface area contributed by atoms with Crippen LogP contribution in [-0.2, 0) is 0 Å². The third-order valence-corrected chi connectivity index (χ3v) is 6.00. The van der Waals surface area contributed by atoms with Crippen LogP contribution in [0.15, 0.2) is 48.5 Å². The van der Waals surface area contributed by atoms with Crippen molar-refractivity contribution >= 4 is 5.78 Å². The van der Waals surface area contributed by atoms with Crippen molar-refractivity contribution in [2.75, 3.05) is 13.7 Å². The Morgan fingerprint density at radius 3 is 2.29 bits per heavy atom. The number of phenolic OH excluding ortho intramolecular Hbond substituents is 3. The first-order valence-electron chi connectivity index (χ1n) is 10.7. The van der Waals surface area contributed by atoms with E-state index in [1.165, 1.54) is 19.2 Å². The highest BCUT2D eigenvalue weighted by Gasteiger charge is 2.40. The van der Waals surface area contributed by atoms with E-state index in [-0.39, 0.29) is 40.9 Å². The van der Waals surface area contributed by atoms with Gasteiger partial charge in [0.2, 0.25) is 5.78 Å². The van der Waals surface area contributed by atoms with Crippen molar-refractivity contribution in [3.8, 4) is 40.2 Å². The molecule has 2 aliphatic rings. The van der Waals surface area contributed by atoms with Gasteiger partial charge in [0.15, 0.2) is 47.4 Å². The van der Waals surface area contributed by atoms with E-state index in [4.69, 9.17) is 18.9 Å². The molecule has 0 spiro atoms. The van der Waals surface area contributed by atoms with Gasteiger partial charge in [-0.05, 0) is 29.8 Å². The Kier molecular flexibility index (Phi) is 5.54. The molecule has 5 rings (SSSR count).